The van der Waals surface area contributed by atoms with Crippen LogP contribution in [-0.2, 0) is 4.79 Å². The highest BCUT2D eigenvalue weighted by Crippen LogP contribution is 2.22. The molecule has 2 heterocycles. The lowest BCUT2D eigenvalue weighted by Crippen LogP contribution is -2.50. The average molecular weight is 282 g/mol. The van der Waals surface area contributed by atoms with E-state index in [0.29, 0.717) is 0 Å². The monoisotopic (exact) mass is 282 g/mol. The third-order valence-corrected chi connectivity index (χ3v) is 4.47. The molecule has 0 spiro atoms. The Morgan fingerprint density at radius 2 is 2.42 bits per heavy atom. The lowest BCUT2D eigenvalue weighted by molar-refractivity contribution is -0.137. The molecule has 1 N–H and O–H groups in total. The standard InChI is InChI=1S/C13H22N4OS/c1-10(9-19-3)13(18)17-7-6-16(2)11(8-17)12-14-4-5-15-12/h4-5,10-11H,6-9H2,1-3H3,(H,14,15). The first kappa shape index (κ1) is 14.4. The Bertz CT molecular complexity index is 409. The minimum atomic E-state index is 0.0932. The highest BCUT2D eigenvalue weighted by molar-refractivity contribution is 7.98. The van der Waals surface area contributed by atoms with Gasteiger partial charge in [0.1, 0.15) is 5.82 Å². The van der Waals surface area contributed by atoms with Crippen molar-refractivity contribution in [2.75, 3.05) is 38.7 Å². The molecule has 2 unspecified atom stereocenters. The summed E-state index contributed by atoms with van der Waals surface area (Å²) in [5.74, 6) is 2.18. The molecule has 0 aromatic carbocycles. The second-order valence-corrected chi connectivity index (χ2v) is 6.02. The summed E-state index contributed by atoms with van der Waals surface area (Å²) in [7, 11) is 2.08. The van der Waals surface area contributed by atoms with Crippen LogP contribution < -0.4 is 0 Å². The summed E-state index contributed by atoms with van der Waals surface area (Å²) in [6, 6.07) is 0.175. The van der Waals surface area contributed by atoms with Crippen molar-refractivity contribution in [2.45, 2.75) is 13.0 Å². The van der Waals surface area contributed by atoms with Gasteiger partial charge in [-0.2, -0.15) is 11.8 Å². The fraction of sp³-hybridized carbons (Fsp3) is 0.692. The summed E-state index contributed by atoms with van der Waals surface area (Å²) in [4.78, 5) is 24.1. The van der Waals surface area contributed by atoms with Gasteiger partial charge in [0, 0.05) is 43.7 Å². The number of nitrogens with zero attached hydrogens (tertiary/aromatic N) is 3. The van der Waals surface area contributed by atoms with Crippen molar-refractivity contribution in [3.63, 3.8) is 0 Å². The number of carbonyl (C=O) groups is 1. The summed E-state index contributed by atoms with van der Waals surface area (Å²) >= 11 is 1.72. The number of aromatic amines is 1. The molecule has 0 aliphatic carbocycles. The quantitative estimate of drug-likeness (QED) is 0.902. The van der Waals surface area contributed by atoms with E-state index in [-0.39, 0.29) is 17.9 Å². The van der Waals surface area contributed by atoms with Gasteiger partial charge in [-0.05, 0) is 13.3 Å². The van der Waals surface area contributed by atoms with Crippen LogP contribution in [0.2, 0.25) is 0 Å². The predicted molar refractivity (Wildman–Crippen MR) is 78.1 cm³/mol. The van der Waals surface area contributed by atoms with Crippen molar-refractivity contribution in [3.8, 4) is 0 Å². The fourth-order valence-corrected chi connectivity index (χ4v) is 3.10. The highest BCUT2D eigenvalue weighted by atomic mass is 32.2. The molecular weight excluding hydrogens is 260 g/mol. The first-order valence-corrected chi connectivity index (χ1v) is 8.00. The minimum absolute atomic E-state index is 0.0932. The van der Waals surface area contributed by atoms with Gasteiger partial charge in [0.15, 0.2) is 0 Å². The van der Waals surface area contributed by atoms with Gasteiger partial charge in [-0.1, -0.05) is 6.92 Å². The number of piperazine rings is 1. The van der Waals surface area contributed by atoms with Crippen LogP contribution in [0.25, 0.3) is 0 Å². The van der Waals surface area contributed by atoms with Crippen LogP contribution in [0, 0.1) is 5.92 Å². The molecule has 2 rings (SSSR count). The molecule has 0 radical (unpaired) electrons. The van der Waals surface area contributed by atoms with Gasteiger partial charge in [-0.15, -0.1) is 0 Å². The molecule has 6 heteroatoms. The lowest BCUT2D eigenvalue weighted by Gasteiger charge is -2.39. The first-order chi connectivity index (χ1) is 9.13. The van der Waals surface area contributed by atoms with Gasteiger partial charge in [0.2, 0.25) is 5.91 Å². The van der Waals surface area contributed by atoms with Crippen molar-refractivity contribution in [1.82, 2.24) is 19.8 Å². The normalized spacial score (nSPS) is 22.5. The second kappa shape index (κ2) is 6.43. The molecule has 1 aromatic heterocycles. The van der Waals surface area contributed by atoms with E-state index >= 15 is 0 Å². The Morgan fingerprint density at radius 3 is 3.05 bits per heavy atom. The number of likely N-dealkylation sites (N-methyl/N-ethyl adjacent to an activating group) is 1. The molecule has 19 heavy (non-hydrogen) atoms. The Morgan fingerprint density at radius 1 is 1.63 bits per heavy atom. The molecule has 0 bridgehead atoms. The molecule has 106 valence electrons. The maximum atomic E-state index is 12.4. The van der Waals surface area contributed by atoms with Gasteiger partial charge in [-0.25, -0.2) is 4.98 Å². The van der Waals surface area contributed by atoms with Crippen LogP contribution in [0.5, 0.6) is 0 Å². The summed E-state index contributed by atoms with van der Waals surface area (Å²) in [5.41, 5.74) is 0. The number of aromatic nitrogens is 2. The Labute approximate surface area is 118 Å². The molecule has 0 saturated carbocycles. The predicted octanol–water partition coefficient (Wildman–Crippen LogP) is 1.22. The van der Waals surface area contributed by atoms with Crippen molar-refractivity contribution >= 4 is 17.7 Å². The molecule has 1 saturated heterocycles. The van der Waals surface area contributed by atoms with Crippen LogP contribution in [0.1, 0.15) is 18.8 Å². The number of imidazole rings is 1. The lowest BCUT2D eigenvalue weighted by atomic mass is 10.1. The van der Waals surface area contributed by atoms with Crippen LogP contribution in [0.15, 0.2) is 12.4 Å². The van der Waals surface area contributed by atoms with Gasteiger partial charge >= 0.3 is 0 Å². The first-order valence-electron chi connectivity index (χ1n) is 6.60. The van der Waals surface area contributed by atoms with Crippen molar-refractivity contribution in [3.05, 3.63) is 18.2 Å². The fourth-order valence-electron chi connectivity index (χ4n) is 2.46. The van der Waals surface area contributed by atoms with E-state index in [1.165, 1.54) is 0 Å². The smallest absolute Gasteiger partial charge is 0.226 e. The zero-order valence-corrected chi connectivity index (χ0v) is 12.6. The zero-order chi connectivity index (χ0) is 13.8. The number of H-pyrrole nitrogens is 1. The van der Waals surface area contributed by atoms with E-state index in [4.69, 9.17) is 0 Å². The van der Waals surface area contributed by atoms with Gasteiger partial charge in [0.25, 0.3) is 0 Å². The van der Waals surface area contributed by atoms with Gasteiger partial charge in [0.05, 0.1) is 6.04 Å². The van der Waals surface area contributed by atoms with E-state index < -0.39 is 0 Å². The maximum Gasteiger partial charge on any atom is 0.226 e. The number of carbonyl (C=O) groups excluding carboxylic acids is 1. The number of hydrogen-bond donors (Lipinski definition) is 1. The summed E-state index contributed by atoms with van der Waals surface area (Å²) in [6.07, 6.45) is 5.64. The van der Waals surface area contributed by atoms with Crippen LogP contribution >= 0.6 is 11.8 Å². The molecule has 1 aliphatic heterocycles. The maximum absolute atomic E-state index is 12.4. The minimum Gasteiger partial charge on any atom is -0.347 e. The molecule has 1 fully saturated rings. The number of amides is 1. The number of hydrogen-bond acceptors (Lipinski definition) is 4. The van der Waals surface area contributed by atoms with E-state index in [0.717, 1.165) is 31.2 Å². The summed E-state index contributed by atoms with van der Waals surface area (Å²) in [6.45, 7) is 4.44. The Kier molecular flexibility index (Phi) is 4.87. The number of nitrogens with one attached hydrogen (secondary N) is 1. The number of rotatable bonds is 4. The largest absolute Gasteiger partial charge is 0.347 e. The molecule has 5 nitrogen and oxygen atoms in total. The third-order valence-electron chi connectivity index (χ3n) is 3.63. The van der Waals surface area contributed by atoms with Crippen LogP contribution in [0.4, 0.5) is 0 Å². The van der Waals surface area contributed by atoms with Crippen LogP contribution in [-0.4, -0.2) is 64.4 Å². The van der Waals surface area contributed by atoms with Crippen molar-refractivity contribution < 1.29 is 4.79 Å². The van der Waals surface area contributed by atoms with E-state index in [1.54, 1.807) is 18.0 Å². The molecule has 1 amide bonds. The Balaban J connectivity index is 2.03. The molecule has 1 aromatic rings. The Hall–Kier alpha value is -1.01. The average Bonchev–Trinajstić information content (AvgIpc) is 2.92. The molecule has 2 atom stereocenters. The topological polar surface area (TPSA) is 52.2 Å². The number of thioether (sulfide) groups is 1. The highest BCUT2D eigenvalue weighted by Gasteiger charge is 2.31. The van der Waals surface area contributed by atoms with E-state index in [9.17, 15) is 4.79 Å². The summed E-state index contributed by atoms with van der Waals surface area (Å²) in [5, 5.41) is 0. The van der Waals surface area contributed by atoms with E-state index in [1.807, 2.05) is 24.3 Å². The van der Waals surface area contributed by atoms with Crippen molar-refractivity contribution in [1.29, 1.82) is 0 Å². The van der Waals surface area contributed by atoms with Gasteiger partial charge < -0.3 is 9.88 Å². The van der Waals surface area contributed by atoms with E-state index in [2.05, 4.69) is 21.9 Å². The van der Waals surface area contributed by atoms with Gasteiger partial charge in [-0.3, -0.25) is 9.69 Å². The molecule has 1 aliphatic rings. The SMILES string of the molecule is CSCC(C)C(=O)N1CCN(C)C(c2ncc[nH]2)C1. The second-order valence-electron chi connectivity index (χ2n) is 5.11. The van der Waals surface area contributed by atoms with Crippen molar-refractivity contribution in [2.24, 2.45) is 5.92 Å². The zero-order valence-electron chi connectivity index (χ0n) is 11.8. The van der Waals surface area contributed by atoms with Crippen LogP contribution in [0.3, 0.4) is 0 Å². The molecular formula is C13H22N4OS. The third kappa shape index (κ3) is 3.30. The summed E-state index contributed by atoms with van der Waals surface area (Å²) < 4.78 is 0.